The first-order valence-electron chi connectivity index (χ1n) is 9.12. The molecule has 1 fully saturated rings. The molecule has 1 aliphatic rings. The average Bonchev–Trinajstić information content (AvgIpc) is 2.70. The summed E-state index contributed by atoms with van der Waals surface area (Å²) in [5, 5.41) is 3.61. The van der Waals surface area contributed by atoms with Gasteiger partial charge >= 0.3 is 0 Å². The van der Waals surface area contributed by atoms with Gasteiger partial charge in [-0.25, -0.2) is 0 Å². The Kier molecular flexibility index (Phi) is 6.30. The van der Waals surface area contributed by atoms with Crippen LogP contribution in [0.5, 0.6) is 0 Å². The van der Waals surface area contributed by atoms with Gasteiger partial charge in [-0.2, -0.15) is 0 Å². The molecule has 2 aromatic carbocycles. The lowest BCUT2D eigenvalue weighted by Gasteiger charge is -2.30. The first-order valence-corrected chi connectivity index (χ1v) is 9.50. The zero-order valence-corrected chi connectivity index (χ0v) is 16.1. The van der Waals surface area contributed by atoms with Crippen LogP contribution in [0.3, 0.4) is 0 Å². The summed E-state index contributed by atoms with van der Waals surface area (Å²) in [5.74, 6) is -0.110. The Balaban J connectivity index is 1.52. The average molecular weight is 383 g/mol. The van der Waals surface area contributed by atoms with Gasteiger partial charge in [-0.15, -0.1) is 0 Å². The monoisotopic (exact) mass is 382 g/mol. The lowest BCUT2D eigenvalue weighted by molar-refractivity contribution is -0.130. The van der Waals surface area contributed by atoms with Crippen molar-refractivity contribution < 1.29 is 9.59 Å². The molecular formula is C22H23ClN2O2. The Bertz CT molecular complexity index is 841. The first-order chi connectivity index (χ1) is 13.0. The molecule has 27 heavy (non-hydrogen) atoms. The number of likely N-dealkylation sites (tertiary alicyclic amines) is 1. The third kappa shape index (κ3) is 4.98. The summed E-state index contributed by atoms with van der Waals surface area (Å²) in [4.78, 5) is 26.7. The highest BCUT2D eigenvalue weighted by atomic mass is 35.5. The summed E-state index contributed by atoms with van der Waals surface area (Å²) in [6.45, 7) is 3.06. The van der Waals surface area contributed by atoms with Crippen LogP contribution in [0.2, 0.25) is 5.02 Å². The van der Waals surface area contributed by atoms with Crippen LogP contribution in [-0.4, -0.2) is 29.8 Å². The number of benzene rings is 2. The second-order valence-electron chi connectivity index (χ2n) is 6.75. The van der Waals surface area contributed by atoms with Crippen LogP contribution < -0.4 is 5.32 Å². The molecule has 0 spiro atoms. The van der Waals surface area contributed by atoms with E-state index in [1.807, 2.05) is 55.5 Å². The quantitative estimate of drug-likeness (QED) is 0.789. The minimum atomic E-state index is -0.0921. The number of halogens is 1. The van der Waals surface area contributed by atoms with Gasteiger partial charge in [0.15, 0.2) is 0 Å². The minimum absolute atomic E-state index is 0.00714. The maximum atomic E-state index is 12.5. The van der Waals surface area contributed by atoms with E-state index in [0.29, 0.717) is 31.0 Å². The van der Waals surface area contributed by atoms with Crippen LogP contribution in [-0.2, 0) is 9.59 Å². The van der Waals surface area contributed by atoms with Gasteiger partial charge in [-0.1, -0.05) is 48.0 Å². The van der Waals surface area contributed by atoms with E-state index in [4.69, 9.17) is 11.6 Å². The van der Waals surface area contributed by atoms with Gasteiger partial charge in [0, 0.05) is 35.8 Å². The fourth-order valence-electron chi connectivity index (χ4n) is 3.18. The largest absolute Gasteiger partial charge is 0.339 e. The highest BCUT2D eigenvalue weighted by molar-refractivity contribution is 6.31. The molecule has 0 atom stereocenters. The molecular weight excluding hydrogens is 360 g/mol. The number of piperidine rings is 1. The van der Waals surface area contributed by atoms with E-state index in [-0.39, 0.29) is 17.7 Å². The minimum Gasteiger partial charge on any atom is -0.339 e. The van der Waals surface area contributed by atoms with Gasteiger partial charge in [0.2, 0.25) is 11.8 Å². The van der Waals surface area contributed by atoms with Crippen LogP contribution in [0.25, 0.3) is 6.08 Å². The van der Waals surface area contributed by atoms with Crippen molar-refractivity contribution in [2.75, 3.05) is 18.4 Å². The highest BCUT2D eigenvalue weighted by Gasteiger charge is 2.26. The van der Waals surface area contributed by atoms with Crippen molar-refractivity contribution in [3.8, 4) is 0 Å². The van der Waals surface area contributed by atoms with Crippen LogP contribution in [0.15, 0.2) is 54.6 Å². The van der Waals surface area contributed by atoms with E-state index >= 15 is 0 Å². The van der Waals surface area contributed by atoms with E-state index < -0.39 is 0 Å². The number of amides is 2. The van der Waals surface area contributed by atoms with Crippen LogP contribution in [0.1, 0.15) is 24.0 Å². The Morgan fingerprint density at radius 1 is 1.07 bits per heavy atom. The van der Waals surface area contributed by atoms with Crippen LogP contribution in [0, 0.1) is 12.8 Å². The molecule has 1 aliphatic heterocycles. The molecule has 4 nitrogen and oxygen atoms in total. The summed E-state index contributed by atoms with van der Waals surface area (Å²) in [6, 6.07) is 15.2. The van der Waals surface area contributed by atoms with Crippen molar-refractivity contribution >= 4 is 35.2 Å². The fraction of sp³-hybridized carbons (Fsp3) is 0.273. The predicted molar refractivity (Wildman–Crippen MR) is 110 cm³/mol. The lowest BCUT2D eigenvalue weighted by Crippen LogP contribution is -2.40. The molecule has 1 heterocycles. The van der Waals surface area contributed by atoms with E-state index in [1.165, 1.54) is 0 Å². The van der Waals surface area contributed by atoms with Crippen molar-refractivity contribution in [1.29, 1.82) is 0 Å². The number of carbonyl (C=O) groups is 2. The molecule has 1 N–H and O–H groups in total. The van der Waals surface area contributed by atoms with Crippen LogP contribution in [0.4, 0.5) is 5.69 Å². The standard InChI is InChI=1S/C22H23ClN2O2/c1-16-19(23)8-5-9-20(16)24-22(27)18-12-14-25(15-13-18)21(26)11-10-17-6-3-2-4-7-17/h2-11,18H,12-15H2,1H3,(H,24,27)/b11-10+. The molecule has 0 aliphatic carbocycles. The van der Waals surface area contributed by atoms with Gasteiger partial charge in [-0.3, -0.25) is 9.59 Å². The number of hydrogen-bond donors (Lipinski definition) is 1. The second-order valence-corrected chi connectivity index (χ2v) is 7.15. The summed E-state index contributed by atoms with van der Waals surface area (Å²) in [6.07, 6.45) is 4.75. The van der Waals surface area contributed by atoms with Crippen molar-refractivity contribution in [1.82, 2.24) is 4.90 Å². The summed E-state index contributed by atoms with van der Waals surface area (Å²) < 4.78 is 0. The predicted octanol–water partition coefficient (Wildman–Crippen LogP) is 4.54. The molecule has 0 saturated carbocycles. The SMILES string of the molecule is Cc1c(Cl)cccc1NC(=O)C1CCN(C(=O)/C=C/c2ccccc2)CC1. The summed E-state index contributed by atoms with van der Waals surface area (Å²) >= 11 is 6.11. The van der Waals surface area contributed by atoms with Crippen molar-refractivity contribution in [3.05, 3.63) is 70.8 Å². The third-order valence-electron chi connectivity index (χ3n) is 4.92. The van der Waals surface area contributed by atoms with Crippen molar-refractivity contribution in [2.45, 2.75) is 19.8 Å². The second kappa shape index (κ2) is 8.87. The van der Waals surface area contributed by atoms with Gasteiger partial charge < -0.3 is 10.2 Å². The van der Waals surface area contributed by atoms with Gasteiger partial charge in [0.05, 0.1) is 0 Å². The molecule has 5 heteroatoms. The van der Waals surface area contributed by atoms with Crippen LogP contribution >= 0.6 is 11.6 Å². The fourth-order valence-corrected chi connectivity index (χ4v) is 3.35. The summed E-state index contributed by atoms with van der Waals surface area (Å²) in [5.41, 5.74) is 2.61. The van der Waals surface area contributed by atoms with Crippen molar-refractivity contribution in [3.63, 3.8) is 0 Å². The lowest BCUT2D eigenvalue weighted by atomic mass is 9.95. The smallest absolute Gasteiger partial charge is 0.246 e. The molecule has 0 unspecified atom stereocenters. The Morgan fingerprint density at radius 3 is 2.48 bits per heavy atom. The van der Waals surface area contributed by atoms with Gasteiger partial charge in [-0.05, 0) is 49.1 Å². The Morgan fingerprint density at radius 2 is 1.78 bits per heavy atom. The molecule has 1 saturated heterocycles. The molecule has 0 bridgehead atoms. The van der Waals surface area contributed by atoms with Crippen molar-refractivity contribution in [2.24, 2.45) is 5.92 Å². The zero-order chi connectivity index (χ0) is 19.2. The number of nitrogens with zero attached hydrogens (tertiary/aromatic N) is 1. The zero-order valence-electron chi connectivity index (χ0n) is 15.3. The van der Waals surface area contributed by atoms with E-state index in [2.05, 4.69) is 5.32 Å². The molecule has 2 amide bonds. The molecule has 140 valence electrons. The first kappa shape index (κ1) is 19.2. The Labute approximate surface area is 164 Å². The Hall–Kier alpha value is -2.59. The number of rotatable bonds is 4. The van der Waals surface area contributed by atoms with Gasteiger partial charge in [0.1, 0.15) is 0 Å². The highest BCUT2D eigenvalue weighted by Crippen LogP contribution is 2.25. The maximum Gasteiger partial charge on any atom is 0.246 e. The normalized spacial score (nSPS) is 15.1. The number of anilines is 1. The van der Waals surface area contributed by atoms with Gasteiger partial charge in [0.25, 0.3) is 0 Å². The number of hydrogen-bond acceptors (Lipinski definition) is 2. The summed E-state index contributed by atoms with van der Waals surface area (Å²) in [7, 11) is 0. The number of carbonyl (C=O) groups excluding carboxylic acids is 2. The molecule has 3 rings (SSSR count). The van der Waals surface area contributed by atoms with E-state index in [1.54, 1.807) is 17.0 Å². The maximum absolute atomic E-state index is 12.5. The third-order valence-corrected chi connectivity index (χ3v) is 5.33. The number of nitrogens with one attached hydrogen (secondary N) is 1. The topological polar surface area (TPSA) is 49.4 Å². The van der Waals surface area contributed by atoms with E-state index in [9.17, 15) is 9.59 Å². The van der Waals surface area contributed by atoms with E-state index in [0.717, 1.165) is 16.8 Å². The molecule has 0 aromatic heterocycles. The molecule has 2 aromatic rings. The molecule has 0 radical (unpaired) electrons.